The second kappa shape index (κ2) is 12.6. The summed E-state index contributed by atoms with van der Waals surface area (Å²) in [5.41, 5.74) is 7.17. The molecule has 2 aromatic carbocycles. The van der Waals surface area contributed by atoms with E-state index in [0.29, 0.717) is 40.9 Å². The molecule has 182 valence electrons. The molecular weight excluding hydrogens is 444 g/mol. The average molecular weight is 479 g/mol. The van der Waals surface area contributed by atoms with Crippen molar-refractivity contribution >= 4 is 18.3 Å². The molecule has 1 fully saturated rings. The number of methoxy groups -OCH3 is 3. The zero-order valence-corrected chi connectivity index (χ0v) is 20.7. The molecule has 8 heteroatoms. The van der Waals surface area contributed by atoms with Crippen molar-refractivity contribution < 1.29 is 23.7 Å². The second-order valence-corrected chi connectivity index (χ2v) is 7.89. The fourth-order valence-electron chi connectivity index (χ4n) is 4.32. The number of carbonyl (C=O) groups is 1. The summed E-state index contributed by atoms with van der Waals surface area (Å²) in [5.74, 6) is 2.00. The lowest BCUT2D eigenvalue weighted by Crippen LogP contribution is -2.35. The molecule has 0 radical (unpaired) electrons. The van der Waals surface area contributed by atoms with Gasteiger partial charge in [-0.3, -0.25) is 4.79 Å². The summed E-state index contributed by atoms with van der Waals surface area (Å²) in [7, 11) is 4.59. The van der Waals surface area contributed by atoms with Gasteiger partial charge in [0.2, 0.25) is 11.5 Å². The number of halogens is 1. The van der Waals surface area contributed by atoms with Crippen LogP contribution in [0.3, 0.4) is 0 Å². The minimum Gasteiger partial charge on any atom is -0.492 e. The van der Waals surface area contributed by atoms with Crippen LogP contribution in [0.2, 0.25) is 0 Å². The smallest absolute Gasteiger partial charge is 0.258 e. The maximum Gasteiger partial charge on any atom is 0.258 e. The zero-order valence-electron chi connectivity index (χ0n) is 19.9. The summed E-state index contributed by atoms with van der Waals surface area (Å²) >= 11 is 0. The topological polar surface area (TPSA) is 83.3 Å². The largest absolute Gasteiger partial charge is 0.492 e. The number of benzene rings is 2. The quantitative estimate of drug-likeness (QED) is 0.526. The van der Waals surface area contributed by atoms with E-state index in [1.807, 2.05) is 29.2 Å². The Morgan fingerprint density at radius 3 is 2.30 bits per heavy atom. The molecule has 0 bridgehead atoms. The fourth-order valence-corrected chi connectivity index (χ4v) is 4.32. The third-order valence-electron chi connectivity index (χ3n) is 5.84. The first kappa shape index (κ1) is 26.6. The van der Waals surface area contributed by atoms with Gasteiger partial charge in [0.15, 0.2) is 11.5 Å². The van der Waals surface area contributed by atoms with Gasteiger partial charge < -0.3 is 29.6 Å². The molecule has 7 nitrogen and oxygen atoms in total. The van der Waals surface area contributed by atoms with Gasteiger partial charge in [0.05, 0.1) is 26.9 Å². The molecule has 0 aromatic heterocycles. The van der Waals surface area contributed by atoms with E-state index in [0.717, 1.165) is 44.2 Å². The predicted octanol–water partition coefficient (Wildman–Crippen LogP) is 4.83. The number of nitrogens with zero attached hydrogens (tertiary/aromatic N) is 1. The van der Waals surface area contributed by atoms with Crippen LogP contribution in [0.15, 0.2) is 30.3 Å². The van der Waals surface area contributed by atoms with E-state index in [1.54, 1.807) is 6.07 Å². The summed E-state index contributed by atoms with van der Waals surface area (Å²) in [4.78, 5) is 15.5. The van der Waals surface area contributed by atoms with Crippen LogP contribution in [0.5, 0.6) is 28.7 Å². The first-order chi connectivity index (χ1) is 15.6. The molecule has 2 aromatic rings. The van der Waals surface area contributed by atoms with Gasteiger partial charge in [-0.2, -0.15) is 0 Å². The minimum absolute atomic E-state index is 0. The van der Waals surface area contributed by atoms with Crippen LogP contribution in [0.4, 0.5) is 0 Å². The average Bonchev–Trinajstić information content (AvgIpc) is 3.27. The van der Waals surface area contributed by atoms with E-state index >= 15 is 0 Å². The van der Waals surface area contributed by atoms with Gasteiger partial charge >= 0.3 is 0 Å². The number of nitrogens with two attached hydrogens (primary N) is 1. The maximum atomic E-state index is 13.6. The highest BCUT2D eigenvalue weighted by molar-refractivity contribution is 5.99. The van der Waals surface area contributed by atoms with Crippen LogP contribution in [-0.4, -0.2) is 51.3 Å². The number of hydrogen-bond acceptors (Lipinski definition) is 6. The number of rotatable bonds is 10. The Morgan fingerprint density at radius 2 is 1.73 bits per heavy atom. The van der Waals surface area contributed by atoms with E-state index in [2.05, 4.69) is 6.92 Å². The normalized spacial score (nSPS) is 15.1. The Labute approximate surface area is 202 Å². The van der Waals surface area contributed by atoms with E-state index in [4.69, 9.17) is 24.7 Å². The van der Waals surface area contributed by atoms with Gasteiger partial charge in [-0.15, -0.1) is 12.4 Å². The lowest BCUT2D eigenvalue weighted by molar-refractivity contribution is 0.0725. The van der Waals surface area contributed by atoms with Gasteiger partial charge in [0.25, 0.3) is 5.91 Å². The van der Waals surface area contributed by atoms with Crippen molar-refractivity contribution in [3.8, 4) is 28.7 Å². The van der Waals surface area contributed by atoms with Gasteiger partial charge in [-0.05, 0) is 49.9 Å². The Bertz CT molecular complexity index is 920. The summed E-state index contributed by atoms with van der Waals surface area (Å²) in [5, 5.41) is 0. The van der Waals surface area contributed by atoms with E-state index in [-0.39, 0.29) is 24.4 Å². The molecule has 0 saturated carbocycles. The Morgan fingerprint density at radius 1 is 1.06 bits per heavy atom. The molecule has 1 aliphatic rings. The first-order valence-corrected chi connectivity index (χ1v) is 11.2. The highest BCUT2D eigenvalue weighted by Gasteiger charge is 2.33. The van der Waals surface area contributed by atoms with Crippen LogP contribution in [0.25, 0.3) is 0 Å². The van der Waals surface area contributed by atoms with Crippen molar-refractivity contribution in [2.45, 2.75) is 45.1 Å². The molecule has 1 saturated heterocycles. The maximum absolute atomic E-state index is 13.6. The van der Waals surface area contributed by atoms with E-state index in [1.165, 1.54) is 21.3 Å². The minimum atomic E-state index is -0.0816. The molecule has 1 atom stereocenters. The Hall–Kier alpha value is -2.64. The van der Waals surface area contributed by atoms with Crippen molar-refractivity contribution in [2.24, 2.45) is 5.73 Å². The molecule has 2 N–H and O–H groups in total. The number of amides is 1. The van der Waals surface area contributed by atoms with Crippen LogP contribution in [-0.2, 0) is 6.42 Å². The molecule has 3 rings (SSSR count). The summed E-state index contributed by atoms with van der Waals surface area (Å²) < 4.78 is 22.9. The molecule has 1 aliphatic heterocycles. The van der Waals surface area contributed by atoms with Gasteiger partial charge in [0.1, 0.15) is 5.75 Å². The SMILES string of the molecule is CCCC1CCCN1C(=O)c1cc(Oc2ccc(CCN)cc2)c(OC)c(OC)c1OC.Cl. The van der Waals surface area contributed by atoms with Crippen LogP contribution >= 0.6 is 12.4 Å². The lowest BCUT2D eigenvalue weighted by Gasteiger charge is -2.26. The number of likely N-dealkylation sites (tertiary alicyclic amines) is 1. The van der Waals surface area contributed by atoms with Crippen molar-refractivity contribution in [3.05, 3.63) is 41.5 Å². The highest BCUT2D eigenvalue weighted by atomic mass is 35.5. The van der Waals surface area contributed by atoms with Crippen molar-refractivity contribution in [2.75, 3.05) is 34.4 Å². The summed E-state index contributed by atoms with van der Waals surface area (Å²) in [6, 6.07) is 9.63. The van der Waals surface area contributed by atoms with Crippen molar-refractivity contribution in [3.63, 3.8) is 0 Å². The molecule has 33 heavy (non-hydrogen) atoms. The van der Waals surface area contributed by atoms with Crippen molar-refractivity contribution in [1.29, 1.82) is 0 Å². The molecular formula is C25H35ClN2O5. The first-order valence-electron chi connectivity index (χ1n) is 11.2. The van der Waals surface area contributed by atoms with Gasteiger partial charge in [-0.25, -0.2) is 0 Å². The third kappa shape index (κ3) is 5.84. The van der Waals surface area contributed by atoms with E-state index in [9.17, 15) is 4.79 Å². The van der Waals surface area contributed by atoms with Crippen LogP contribution < -0.4 is 24.7 Å². The number of hydrogen-bond donors (Lipinski definition) is 1. The van der Waals surface area contributed by atoms with E-state index < -0.39 is 0 Å². The Balaban J connectivity index is 0.00000385. The second-order valence-electron chi connectivity index (χ2n) is 7.89. The molecule has 1 unspecified atom stereocenters. The highest BCUT2D eigenvalue weighted by Crippen LogP contribution is 2.48. The zero-order chi connectivity index (χ0) is 23.1. The lowest BCUT2D eigenvalue weighted by atomic mass is 10.1. The summed E-state index contributed by atoms with van der Waals surface area (Å²) in [6.07, 6.45) is 4.84. The number of ether oxygens (including phenoxy) is 4. The summed E-state index contributed by atoms with van der Waals surface area (Å²) in [6.45, 7) is 3.47. The third-order valence-corrected chi connectivity index (χ3v) is 5.84. The van der Waals surface area contributed by atoms with Gasteiger partial charge in [-0.1, -0.05) is 25.5 Å². The fraction of sp³-hybridized carbons (Fsp3) is 0.480. The van der Waals surface area contributed by atoms with Crippen LogP contribution in [0.1, 0.15) is 48.5 Å². The molecule has 1 amide bonds. The standard InChI is InChI=1S/C25H34N2O5.ClH/c1-5-7-18-8-6-15-27(18)25(28)20-16-21(23(30-3)24(31-4)22(20)29-2)32-19-11-9-17(10-12-19)13-14-26;/h9-12,16,18H,5-8,13-15,26H2,1-4H3;1H. The Kier molecular flexibility index (Phi) is 10.1. The molecule has 1 heterocycles. The van der Waals surface area contributed by atoms with Gasteiger partial charge in [0, 0.05) is 18.7 Å². The van der Waals surface area contributed by atoms with Crippen LogP contribution in [0, 0.1) is 0 Å². The predicted molar refractivity (Wildman–Crippen MR) is 132 cm³/mol. The molecule has 0 spiro atoms. The van der Waals surface area contributed by atoms with Crippen molar-refractivity contribution in [1.82, 2.24) is 4.90 Å². The number of carbonyl (C=O) groups excluding carboxylic acids is 1. The monoisotopic (exact) mass is 478 g/mol. The molecule has 0 aliphatic carbocycles.